The molecular formula is C15H22N2O3. The predicted molar refractivity (Wildman–Crippen MR) is 78.1 cm³/mol. The van der Waals surface area contributed by atoms with E-state index in [0.717, 1.165) is 25.9 Å². The van der Waals surface area contributed by atoms with Crippen molar-refractivity contribution in [3.63, 3.8) is 0 Å². The van der Waals surface area contributed by atoms with Gasteiger partial charge in [-0.15, -0.1) is 0 Å². The second kappa shape index (κ2) is 6.13. The minimum atomic E-state index is -1.01. The van der Waals surface area contributed by atoms with Crippen LogP contribution in [0, 0.1) is 5.92 Å². The van der Waals surface area contributed by atoms with Crippen LogP contribution in [0.4, 0.5) is 5.69 Å². The molecule has 5 nitrogen and oxygen atoms in total. The van der Waals surface area contributed by atoms with Gasteiger partial charge in [-0.3, -0.25) is 0 Å². The lowest BCUT2D eigenvalue weighted by Crippen LogP contribution is -2.36. The van der Waals surface area contributed by atoms with Crippen LogP contribution in [0.5, 0.6) is 5.75 Å². The number of carbonyl (C=O) groups is 1. The van der Waals surface area contributed by atoms with Gasteiger partial charge in [-0.25, -0.2) is 4.79 Å². The SMILES string of the molecule is CC(Oc1ccc(N)cc1C(=O)O)C1CCN(C)CC1. The monoisotopic (exact) mass is 278 g/mol. The third kappa shape index (κ3) is 3.42. The number of benzene rings is 1. The van der Waals surface area contributed by atoms with Gasteiger partial charge >= 0.3 is 5.97 Å². The average molecular weight is 278 g/mol. The van der Waals surface area contributed by atoms with Gasteiger partial charge in [-0.2, -0.15) is 0 Å². The summed E-state index contributed by atoms with van der Waals surface area (Å²) < 4.78 is 5.88. The molecule has 1 atom stereocenters. The highest BCUT2D eigenvalue weighted by atomic mass is 16.5. The van der Waals surface area contributed by atoms with E-state index in [1.165, 1.54) is 6.07 Å². The zero-order valence-electron chi connectivity index (χ0n) is 12.0. The number of hydrogen-bond donors (Lipinski definition) is 2. The Kier molecular flexibility index (Phi) is 4.49. The summed E-state index contributed by atoms with van der Waals surface area (Å²) in [5.74, 6) is -0.147. The largest absolute Gasteiger partial charge is 0.490 e. The molecule has 1 aromatic carbocycles. The number of nitrogen functional groups attached to an aromatic ring is 1. The minimum absolute atomic E-state index is 0.00502. The fourth-order valence-electron chi connectivity index (χ4n) is 2.61. The first-order valence-electron chi connectivity index (χ1n) is 6.95. The first-order chi connectivity index (χ1) is 9.47. The van der Waals surface area contributed by atoms with Gasteiger partial charge in [0, 0.05) is 5.69 Å². The molecule has 1 aromatic rings. The molecule has 3 N–H and O–H groups in total. The molecule has 1 heterocycles. The van der Waals surface area contributed by atoms with E-state index in [1.54, 1.807) is 12.1 Å². The molecule has 1 saturated heterocycles. The summed E-state index contributed by atoms with van der Waals surface area (Å²) in [7, 11) is 2.12. The maximum absolute atomic E-state index is 11.2. The van der Waals surface area contributed by atoms with Crippen LogP contribution >= 0.6 is 0 Å². The summed E-state index contributed by atoms with van der Waals surface area (Å²) in [5, 5.41) is 9.21. The number of aromatic carboxylic acids is 1. The maximum atomic E-state index is 11.2. The lowest BCUT2D eigenvalue weighted by molar-refractivity contribution is 0.0675. The van der Waals surface area contributed by atoms with Crippen LogP contribution in [0.15, 0.2) is 18.2 Å². The Morgan fingerprint density at radius 2 is 2.10 bits per heavy atom. The van der Waals surface area contributed by atoms with Crippen LogP contribution in [0.3, 0.4) is 0 Å². The van der Waals surface area contributed by atoms with Gasteiger partial charge in [0.1, 0.15) is 11.3 Å². The summed E-state index contributed by atoms with van der Waals surface area (Å²) in [6, 6.07) is 4.76. The number of carboxylic acid groups (broad SMARTS) is 1. The van der Waals surface area contributed by atoms with E-state index < -0.39 is 5.97 Å². The number of anilines is 1. The standard InChI is InChI=1S/C15H22N2O3/c1-10(11-5-7-17(2)8-6-11)20-14-4-3-12(16)9-13(14)15(18)19/h3-4,9-11H,5-8,16H2,1-2H3,(H,18,19). The lowest BCUT2D eigenvalue weighted by atomic mass is 9.92. The number of nitrogens with two attached hydrogens (primary N) is 1. The molecule has 1 fully saturated rings. The van der Waals surface area contributed by atoms with Crippen LogP contribution < -0.4 is 10.5 Å². The molecule has 0 amide bonds. The molecule has 20 heavy (non-hydrogen) atoms. The minimum Gasteiger partial charge on any atom is -0.490 e. The molecule has 0 bridgehead atoms. The topological polar surface area (TPSA) is 75.8 Å². The average Bonchev–Trinajstić information content (AvgIpc) is 2.41. The van der Waals surface area contributed by atoms with Gasteiger partial charge < -0.3 is 20.5 Å². The second-order valence-electron chi connectivity index (χ2n) is 5.52. The van der Waals surface area contributed by atoms with Gasteiger partial charge in [0.15, 0.2) is 0 Å². The highest BCUT2D eigenvalue weighted by Crippen LogP contribution is 2.27. The van der Waals surface area contributed by atoms with E-state index in [0.29, 0.717) is 17.4 Å². The van der Waals surface area contributed by atoms with Crippen molar-refractivity contribution in [1.29, 1.82) is 0 Å². The Labute approximate surface area is 119 Å². The molecule has 5 heteroatoms. The van der Waals surface area contributed by atoms with Crippen molar-refractivity contribution in [3.05, 3.63) is 23.8 Å². The third-order valence-corrected chi connectivity index (χ3v) is 3.97. The Hall–Kier alpha value is -1.75. The summed E-state index contributed by atoms with van der Waals surface area (Å²) in [6.45, 7) is 4.13. The van der Waals surface area contributed by atoms with Crippen molar-refractivity contribution in [2.45, 2.75) is 25.9 Å². The zero-order chi connectivity index (χ0) is 14.7. The molecule has 110 valence electrons. The van der Waals surface area contributed by atoms with Crippen molar-refractivity contribution < 1.29 is 14.6 Å². The summed E-state index contributed by atoms with van der Waals surface area (Å²) in [4.78, 5) is 13.5. The van der Waals surface area contributed by atoms with Gasteiger partial charge in [-0.05, 0) is 64.0 Å². The van der Waals surface area contributed by atoms with Crippen molar-refractivity contribution in [2.24, 2.45) is 5.92 Å². The van der Waals surface area contributed by atoms with Crippen molar-refractivity contribution in [3.8, 4) is 5.75 Å². The quantitative estimate of drug-likeness (QED) is 0.825. The van der Waals surface area contributed by atoms with Crippen LogP contribution in [0.1, 0.15) is 30.1 Å². The Bertz CT molecular complexity index is 482. The molecule has 0 saturated carbocycles. The van der Waals surface area contributed by atoms with E-state index in [9.17, 15) is 9.90 Å². The summed E-state index contributed by atoms with van der Waals surface area (Å²) in [5.41, 5.74) is 6.19. The van der Waals surface area contributed by atoms with Gasteiger partial charge in [0.05, 0.1) is 6.10 Å². The van der Waals surface area contributed by atoms with E-state index in [-0.39, 0.29) is 11.7 Å². The fourth-order valence-corrected chi connectivity index (χ4v) is 2.61. The van der Waals surface area contributed by atoms with E-state index >= 15 is 0 Å². The number of likely N-dealkylation sites (tertiary alicyclic amines) is 1. The molecular weight excluding hydrogens is 256 g/mol. The maximum Gasteiger partial charge on any atom is 0.339 e. The molecule has 1 aliphatic heterocycles. The second-order valence-corrected chi connectivity index (χ2v) is 5.52. The molecule has 0 aromatic heterocycles. The Morgan fingerprint density at radius 1 is 1.45 bits per heavy atom. The number of piperidine rings is 1. The van der Waals surface area contributed by atoms with Crippen LogP contribution in [-0.4, -0.2) is 42.2 Å². The number of carboxylic acids is 1. The summed E-state index contributed by atoms with van der Waals surface area (Å²) in [6.07, 6.45) is 2.16. The van der Waals surface area contributed by atoms with Crippen molar-refractivity contribution in [2.75, 3.05) is 25.9 Å². The highest BCUT2D eigenvalue weighted by molar-refractivity contribution is 5.92. The number of nitrogens with zero attached hydrogens (tertiary/aromatic N) is 1. The first kappa shape index (κ1) is 14.7. The smallest absolute Gasteiger partial charge is 0.339 e. The number of ether oxygens (including phenoxy) is 1. The van der Waals surface area contributed by atoms with Crippen LogP contribution in [0.25, 0.3) is 0 Å². The summed E-state index contributed by atoms with van der Waals surface area (Å²) >= 11 is 0. The first-order valence-corrected chi connectivity index (χ1v) is 6.95. The van der Waals surface area contributed by atoms with Crippen molar-refractivity contribution >= 4 is 11.7 Å². The fraction of sp³-hybridized carbons (Fsp3) is 0.533. The zero-order valence-corrected chi connectivity index (χ0v) is 12.0. The molecule has 1 aliphatic rings. The van der Waals surface area contributed by atoms with E-state index in [4.69, 9.17) is 10.5 Å². The molecule has 2 rings (SSSR count). The van der Waals surface area contributed by atoms with E-state index in [2.05, 4.69) is 11.9 Å². The number of rotatable bonds is 4. The van der Waals surface area contributed by atoms with Crippen molar-refractivity contribution in [1.82, 2.24) is 4.90 Å². The molecule has 1 unspecified atom stereocenters. The predicted octanol–water partition coefficient (Wildman–Crippen LogP) is 2.08. The Balaban J connectivity index is 2.07. The molecule has 0 spiro atoms. The van der Waals surface area contributed by atoms with Crippen LogP contribution in [0.2, 0.25) is 0 Å². The lowest BCUT2D eigenvalue weighted by Gasteiger charge is -2.33. The Morgan fingerprint density at radius 3 is 2.70 bits per heavy atom. The molecule has 0 aliphatic carbocycles. The third-order valence-electron chi connectivity index (χ3n) is 3.97. The van der Waals surface area contributed by atoms with E-state index in [1.807, 2.05) is 6.92 Å². The highest BCUT2D eigenvalue weighted by Gasteiger charge is 2.24. The normalized spacial score (nSPS) is 18.7. The molecule has 0 radical (unpaired) electrons. The van der Waals surface area contributed by atoms with Gasteiger partial charge in [0.25, 0.3) is 0 Å². The van der Waals surface area contributed by atoms with Gasteiger partial charge in [-0.1, -0.05) is 0 Å². The van der Waals surface area contributed by atoms with Crippen LogP contribution in [-0.2, 0) is 0 Å². The van der Waals surface area contributed by atoms with Gasteiger partial charge in [0.2, 0.25) is 0 Å². The number of hydrogen-bond acceptors (Lipinski definition) is 4.